The molecule has 0 unspecified atom stereocenters. The number of thiazole rings is 1. The van der Waals surface area contributed by atoms with Crippen molar-refractivity contribution in [1.29, 1.82) is 0 Å². The van der Waals surface area contributed by atoms with Gasteiger partial charge < -0.3 is 4.74 Å². The van der Waals surface area contributed by atoms with Gasteiger partial charge in [-0.2, -0.15) is 0 Å². The fourth-order valence-electron chi connectivity index (χ4n) is 3.83. The second kappa shape index (κ2) is 9.46. The molecule has 0 bridgehead atoms. The van der Waals surface area contributed by atoms with Crippen LogP contribution in [0.25, 0.3) is 21.3 Å². The zero-order chi connectivity index (χ0) is 21.9. The Morgan fingerprint density at radius 1 is 1.12 bits per heavy atom. The SMILES string of the molecule is O=C(c1ccc2nccnc2c1)N(CCCN1CCOCC1)c1nc2c(Cl)cccc2s1. The van der Waals surface area contributed by atoms with E-state index in [4.69, 9.17) is 21.3 Å². The molecule has 4 aromatic rings. The van der Waals surface area contributed by atoms with Gasteiger partial charge in [-0.3, -0.25) is 24.6 Å². The van der Waals surface area contributed by atoms with E-state index in [-0.39, 0.29) is 5.91 Å². The number of carbonyl (C=O) groups is 1. The van der Waals surface area contributed by atoms with E-state index in [0.29, 0.717) is 27.8 Å². The minimum atomic E-state index is -0.102. The zero-order valence-corrected chi connectivity index (χ0v) is 19.0. The second-order valence-electron chi connectivity index (χ2n) is 7.61. The smallest absolute Gasteiger partial charge is 0.260 e. The van der Waals surface area contributed by atoms with Crippen LogP contribution in [-0.4, -0.2) is 65.2 Å². The molecule has 1 aliphatic heterocycles. The number of carbonyl (C=O) groups excluding carboxylic acids is 1. The highest BCUT2D eigenvalue weighted by Gasteiger charge is 2.23. The third-order valence-electron chi connectivity index (χ3n) is 5.51. The predicted molar refractivity (Wildman–Crippen MR) is 128 cm³/mol. The van der Waals surface area contributed by atoms with Gasteiger partial charge in [0, 0.05) is 44.1 Å². The van der Waals surface area contributed by atoms with Gasteiger partial charge in [0.2, 0.25) is 0 Å². The van der Waals surface area contributed by atoms with Crippen LogP contribution in [0.15, 0.2) is 48.8 Å². The number of hydrogen-bond donors (Lipinski definition) is 0. The van der Waals surface area contributed by atoms with E-state index < -0.39 is 0 Å². The first kappa shape index (κ1) is 21.2. The van der Waals surface area contributed by atoms with Gasteiger partial charge in [0.1, 0.15) is 5.52 Å². The molecule has 0 atom stereocenters. The molecule has 0 N–H and O–H groups in total. The number of aromatic nitrogens is 3. The Hall–Kier alpha value is -2.65. The number of anilines is 1. The number of benzene rings is 2. The van der Waals surface area contributed by atoms with E-state index in [1.165, 1.54) is 11.3 Å². The number of amides is 1. The number of nitrogens with zero attached hydrogens (tertiary/aromatic N) is 5. The Balaban J connectivity index is 1.44. The minimum absolute atomic E-state index is 0.102. The lowest BCUT2D eigenvalue weighted by molar-refractivity contribution is 0.0376. The lowest BCUT2D eigenvalue weighted by Crippen LogP contribution is -2.39. The molecule has 2 aromatic heterocycles. The normalized spacial score (nSPS) is 14.8. The van der Waals surface area contributed by atoms with E-state index in [0.717, 1.165) is 55.0 Å². The largest absolute Gasteiger partial charge is 0.379 e. The average Bonchev–Trinajstić information content (AvgIpc) is 3.27. The highest BCUT2D eigenvalue weighted by atomic mass is 35.5. The van der Waals surface area contributed by atoms with Crippen molar-refractivity contribution in [2.24, 2.45) is 0 Å². The molecule has 1 saturated heterocycles. The molecule has 32 heavy (non-hydrogen) atoms. The Bertz CT molecular complexity index is 1260. The summed E-state index contributed by atoms with van der Waals surface area (Å²) in [5, 5.41) is 1.24. The van der Waals surface area contributed by atoms with Crippen molar-refractivity contribution in [2.45, 2.75) is 6.42 Å². The van der Waals surface area contributed by atoms with Gasteiger partial charge in [-0.05, 0) is 36.8 Å². The first-order valence-electron chi connectivity index (χ1n) is 10.6. The number of morpholine rings is 1. The first-order valence-corrected chi connectivity index (χ1v) is 11.8. The maximum Gasteiger partial charge on any atom is 0.260 e. The molecule has 0 saturated carbocycles. The molecule has 7 nitrogen and oxygen atoms in total. The van der Waals surface area contributed by atoms with Crippen LogP contribution in [0.1, 0.15) is 16.8 Å². The number of halogens is 1. The first-order chi connectivity index (χ1) is 15.7. The zero-order valence-electron chi connectivity index (χ0n) is 17.4. The summed E-state index contributed by atoms with van der Waals surface area (Å²) in [7, 11) is 0. The molecule has 9 heteroatoms. The van der Waals surface area contributed by atoms with Crippen LogP contribution < -0.4 is 4.90 Å². The summed E-state index contributed by atoms with van der Waals surface area (Å²) in [5.74, 6) is -0.102. The topological polar surface area (TPSA) is 71.5 Å². The van der Waals surface area contributed by atoms with Crippen LogP contribution in [0, 0.1) is 0 Å². The summed E-state index contributed by atoms with van der Waals surface area (Å²) in [4.78, 5) is 31.1. The van der Waals surface area contributed by atoms with Crippen LogP contribution in [0.5, 0.6) is 0 Å². The van der Waals surface area contributed by atoms with Crippen molar-refractivity contribution < 1.29 is 9.53 Å². The fraction of sp³-hybridized carbons (Fsp3) is 0.304. The quantitative estimate of drug-likeness (QED) is 0.422. The summed E-state index contributed by atoms with van der Waals surface area (Å²) >= 11 is 7.83. The Morgan fingerprint density at radius 3 is 2.75 bits per heavy atom. The van der Waals surface area contributed by atoms with E-state index in [1.807, 2.05) is 24.3 Å². The number of para-hydroxylation sites is 1. The van der Waals surface area contributed by atoms with Gasteiger partial charge in [-0.15, -0.1) is 0 Å². The van der Waals surface area contributed by atoms with Gasteiger partial charge >= 0.3 is 0 Å². The fourth-order valence-corrected chi connectivity index (χ4v) is 5.12. The van der Waals surface area contributed by atoms with Crippen molar-refractivity contribution in [2.75, 3.05) is 44.3 Å². The predicted octanol–water partition coefficient (Wildman–Crippen LogP) is 4.26. The molecule has 2 aromatic carbocycles. The molecule has 0 aliphatic carbocycles. The number of ether oxygens (including phenoxy) is 1. The Labute approximate surface area is 194 Å². The van der Waals surface area contributed by atoms with E-state index in [9.17, 15) is 4.79 Å². The van der Waals surface area contributed by atoms with E-state index in [2.05, 4.69) is 14.9 Å². The van der Waals surface area contributed by atoms with Crippen LogP contribution in [0.2, 0.25) is 5.02 Å². The second-order valence-corrected chi connectivity index (χ2v) is 9.02. The molecule has 3 heterocycles. The molecule has 1 fully saturated rings. The maximum atomic E-state index is 13.6. The molecule has 0 spiro atoms. The molecular weight excluding hydrogens is 446 g/mol. The lowest BCUT2D eigenvalue weighted by atomic mass is 10.1. The van der Waals surface area contributed by atoms with Crippen molar-refractivity contribution in [3.8, 4) is 0 Å². The van der Waals surface area contributed by atoms with Crippen molar-refractivity contribution in [3.63, 3.8) is 0 Å². The standard InChI is InChI=1S/C23H22ClN5O2S/c24-17-3-1-4-20-21(17)27-23(32-20)29(10-2-9-28-11-13-31-14-12-28)22(30)16-5-6-18-19(15-16)26-8-7-25-18/h1,3-8,15H,2,9-14H2. The van der Waals surface area contributed by atoms with Crippen LogP contribution in [0.3, 0.4) is 0 Å². The monoisotopic (exact) mass is 467 g/mol. The van der Waals surface area contributed by atoms with E-state index in [1.54, 1.807) is 29.4 Å². The van der Waals surface area contributed by atoms with Crippen molar-refractivity contribution in [1.82, 2.24) is 19.9 Å². The van der Waals surface area contributed by atoms with Crippen LogP contribution in [-0.2, 0) is 4.74 Å². The number of fused-ring (bicyclic) bond motifs is 2. The summed E-state index contributed by atoms with van der Waals surface area (Å²) in [6, 6.07) is 11.1. The van der Waals surface area contributed by atoms with Gasteiger partial charge in [0.15, 0.2) is 5.13 Å². The molecular formula is C23H22ClN5O2S. The summed E-state index contributed by atoms with van der Waals surface area (Å²) < 4.78 is 6.40. The number of hydrogen-bond acceptors (Lipinski definition) is 7. The molecule has 1 amide bonds. The van der Waals surface area contributed by atoms with Gasteiger partial charge in [-0.25, -0.2) is 4.98 Å². The van der Waals surface area contributed by atoms with E-state index >= 15 is 0 Å². The summed E-state index contributed by atoms with van der Waals surface area (Å²) in [6.45, 7) is 4.84. The average molecular weight is 468 g/mol. The third-order valence-corrected chi connectivity index (χ3v) is 6.86. The van der Waals surface area contributed by atoms with Crippen molar-refractivity contribution in [3.05, 3.63) is 59.4 Å². The highest BCUT2D eigenvalue weighted by Crippen LogP contribution is 2.33. The van der Waals surface area contributed by atoms with Gasteiger partial charge in [0.05, 0.1) is 34.0 Å². The van der Waals surface area contributed by atoms with Gasteiger partial charge in [0.25, 0.3) is 5.91 Å². The lowest BCUT2D eigenvalue weighted by Gasteiger charge is -2.27. The molecule has 164 valence electrons. The molecule has 1 aliphatic rings. The highest BCUT2D eigenvalue weighted by molar-refractivity contribution is 7.22. The molecule has 0 radical (unpaired) electrons. The maximum absolute atomic E-state index is 13.6. The summed E-state index contributed by atoms with van der Waals surface area (Å²) in [6.07, 6.45) is 4.11. The number of rotatable bonds is 6. The third kappa shape index (κ3) is 4.45. The Kier molecular flexibility index (Phi) is 6.27. The molecule has 5 rings (SSSR count). The Morgan fingerprint density at radius 2 is 1.94 bits per heavy atom. The van der Waals surface area contributed by atoms with Gasteiger partial charge in [-0.1, -0.05) is 29.0 Å². The van der Waals surface area contributed by atoms with Crippen LogP contribution >= 0.6 is 22.9 Å². The summed E-state index contributed by atoms with van der Waals surface area (Å²) in [5.41, 5.74) is 2.74. The minimum Gasteiger partial charge on any atom is -0.379 e. The van der Waals surface area contributed by atoms with Crippen molar-refractivity contribution >= 4 is 55.2 Å². The van der Waals surface area contributed by atoms with Crippen LogP contribution in [0.4, 0.5) is 5.13 Å².